The fourth-order valence-electron chi connectivity index (χ4n) is 1.99. The van der Waals surface area contributed by atoms with Crippen molar-refractivity contribution in [3.05, 3.63) is 65.7 Å². The Kier molecular flexibility index (Phi) is 3.55. The van der Waals surface area contributed by atoms with Crippen molar-refractivity contribution < 1.29 is 4.79 Å². The maximum absolute atomic E-state index is 11.3. The summed E-state index contributed by atoms with van der Waals surface area (Å²) in [5.74, 6) is -0.208. The van der Waals surface area contributed by atoms with Gasteiger partial charge in [0.2, 0.25) is 0 Å². The second-order valence-corrected chi connectivity index (χ2v) is 3.86. The van der Waals surface area contributed by atoms with Crippen LogP contribution in [0.2, 0.25) is 0 Å². The van der Waals surface area contributed by atoms with Gasteiger partial charge in [-0.15, -0.1) is 0 Å². The summed E-state index contributed by atoms with van der Waals surface area (Å²) in [5, 5.41) is 3.12. The SMILES string of the molecule is CNc1ccccc1C(C=O)c1ccccc1. The first-order valence-corrected chi connectivity index (χ1v) is 5.63. The molecule has 0 saturated carbocycles. The Morgan fingerprint density at radius 1 is 1.00 bits per heavy atom. The van der Waals surface area contributed by atoms with E-state index in [0.29, 0.717) is 0 Å². The third-order valence-corrected chi connectivity index (χ3v) is 2.86. The van der Waals surface area contributed by atoms with Crippen LogP contribution in [-0.2, 0) is 4.79 Å². The topological polar surface area (TPSA) is 29.1 Å². The van der Waals surface area contributed by atoms with E-state index >= 15 is 0 Å². The summed E-state index contributed by atoms with van der Waals surface area (Å²) in [7, 11) is 1.87. The molecule has 1 N–H and O–H groups in total. The van der Waals surface area contributed by atoms with Gasteiger partial charge in [0.25, 0.3) is 0 Å². The largest absolute Gasteiger partial charge is 0.388 e. The maximum atomic E-state index is 11.3. The molecule has 2 heteroatoms. The minimum Gasteiger partial charge on any atom is -0.388 e. The van der Waals surface area contributed by atoms with E-state index in [0.717, 1.165) is 23.1 Å². The fourth-order valence-corrected chi connectivity index (χ4v) is 1.99. The molecule has 0 bridgehead atoms. The van der Waals surface area contributed by atoms with Crippen LogP contribution in [0.4, 0.5) is 5.69 Å². The van der Waals surface area contributed by atoms with Crippen LogP contribution in [0.25, 0.3) is 0 Å². The first-order chi connectivity index (χ1) is 8.36. The van der Waals surface area contributed by atoms with Crippen LogP contribution in [0.15, 0.2) is 54.6 Å². The Hall–Kier alpha value is -2.09. The molecule has 2 aromatic rings. The highest BCUT2D eigenvalue weighted by Crippen LogP contribution is 2.28. The third kappa shape index (κ3) is 2.36. The lowest BCUT2D eigenvalue weighted by Crippen LogP contribution is -2.05. The van der Waals surface area contributed by atoms with Gasteiger partial charge in [-0.1, -0.05) is 48.5 Å². The molecule has 0 heterocycles. The smallest absolute Gasteiger partial charge is 0.131 e. The van der Waals surface area contributed by atoms with Crippen LogP contribution in [-0.4, -0.2) is 13.3 Å². The molecule has 1 atom stereocenters. The van der Waals surface area contributed by atoms with E-state index < -0.39 is 0 Å². The van der Waals surface area contributed by atoms with E-state index in [1.807, 2.05) is 61.6 Å². The van der Waals surface area contributed by atoms with E-state index in [2.05, 4.69) is 5.32 Å². The van der Waals surface area contributed by atoms with Gasteiger partial charge >= 0.3 is 0 Å². The van der Waals surface area contributed by atoms with Crippen molar-refractivity contribution in [1.29, 1.82) is 0 Å². The van der Waals surface area contributed by atoms with Gasteiger partial charge in [0, 0.05) is 12.7 Å². The zero-order chi connectivity index (χ0) is 12.1. The van der Waals surface area contributed by atoms with Crippen molar-refractivity contribution in [2.24, 2.45) is 0 Å². The quantitative estimate of drug-likeness (QED) is 0.810. The molecular formula is C15H15NO. The summed E-state index contributed by atoms with van der Waals surface area (Å²) in [6.07, 6.45) is 0.992. The van der Waals surface area contributed by atoms with E-state index in [4.69, 9.17) is 0 Å². The van der Waals surface area contributed by atoms with Crippen LogP contribution in [0.5, 0.6) is 0 Å². The zero-order valence-corrected chi connectivity index (χ0v) is 9.76. The van der Waals surface area contributed by atoms with Crippen molar-refractivity contribution >= 4 is 12.0 Å². The Bertz CT molecular complexity index is 493. The molecule has 0 aliphatic rings. The van der Waals surface area contributed by atoms with Gasteiger partial charge in [-0.05, 0) is 17.2 Å². The molecular weight excluding hydrogens is 210 g/mol. The summed E-state index contributed by atoms with van der Waals surface area (Å²) in [4.78, 5) is 11.3. The fraction of sp³-hybridized carbons (Fsp3) is 0.133. The minimum absolute atomic E-state index is 0.208. The molecule has 17 heavy (non-hydrogen) atoms. The molecule has 2 rings (SSSR count). The molecule has 0 amide bonds. The van der Waals surface area contributed by atoms with Gasteiger partial charge in [-0.25, -0.2) is 0 Å². The standard InChI is InChI=1S/C15H15NO/c1-16-15-10-6-5-9-13(15)14(11-17)12-7-3-2-4-8-12/h2-11,14,16H,1H3. The summed E-state index contributed by atoms with van der Waals surface area (Å²) in [6, 6.07) is 17.7. The number of hydrogen-bond acceptors (Lipinski definition) is 2. The van der Waals surface area contributed by atoms with Crippen molar-refractivity contribution in [2.45, 2.75) is 5.92 Å². The third-order valence-electron chi connectivity index (χ3n) is 2.86. The number of hydrogen-bond donors (Lipinski definition) is 1. The van der Waals surface area contributed by atoms with Gasteiger partial charge in [-0.3, -0.25) is 0 Å². The number of nitrogens with one attached hydrogen (secondary N) is 1. The highest BCUT2D eigenvalue weighted by Gasteiger charge is 2.15. The Morgan fingerprint density at radius 2 is 1.65 bits per heavy atom. The average molecular weight is 225 g/mol. The molecule has 0 aromatic heterocycles. The highest BCUT2D eigenvalue weighted by atomic mass is 16.1. The first-order valence-electron chi connectivity index (χ1n) is 5.63. The maximum Gasteiger partial charge on any atom is 0.131 e. The van der Waals surface area contributed by atoms with Gasteiger partial charge in [0.1, 0.15) is 6.29 Å². The van der Waals surface area contributed by atoms with Gasteiger partial charge in [0.15, 0.2) is 0 Å². The Balaban J connectivity index is 2.46. The lowest BCUT2D eigenvalue weighted by atomic mass is 9.91. The highest BCUT2D eigenvalue weighted by molar-refractivity contribution is 5.73. The normalized spacial score (nSPS) is 11.8. The predicted molar refractivity (Wildman–Crippen MR) is 70.3 cm³/mol. The number of carbonyl (C=O) groups is 1. The molecule has 0 radical (unpaired) electrons. The summed E-state index contributed by atoms with van der Waals surface area (Å²) < 4.78 is 0. The van der Waals surface area contributed by atoms with E-state index in [1.54, 1.807) is 0 Å². The van der Waals surface area contributed by atoms with Crippen molar-refractivity contribution in [3.8, 4) is 0 Å². The number of anilines is 1. The molecule has 0 spiro atoms. The molecule has 0 saturated heterocycles. The zero-order valence-electron chi connectivity index (χ0n) is 9.76. The Labute approximate surface area is 101 Å². The van der Waals surface area contributed by atoms with Crippen molar-refractivity contribution in [2.75, 3.05) is 12.4 Å². The first kappa shape index (κ1) is 11.4. The number of aldehydes is 1. The van der Waals surface area contributed by atoms with Crippen LogP contribution >= 0.6 is 0 Å². The van der Waals surface area contributed by atoms with Crippen LogP contribution in [0.3, 0.4) is 0 Å². The summed E-state index contributed by atoms with van der Waals surface area (Å²) >= 11 is 0. The summed E-state index contributed by atoms with van der Waals surface area (Å²) in [6.45, 7) is 0. The van der Waals surface area contributed by atoms with Gasteiger partial charge in [-0.2, -0.15) is 0 Å². The number of benzene rings is 2. The number of rotatable bonds is 4. The lowest BCUT2D eigenvalue weighted by molar-refractivity contribution is -0.108. The minimum atomic E-state index is -0.208. The van der Waals surface area contributed by atoms with E-state index in [9.17, 15) is 4.79 Å². The molecule has 0 fully saturated rings. The van der Waals surface area contributed by atoms with Gasteiger partial charge < -0.3 is 10.1 Å². The number of para-hydroxylation sites is 1. The van der Waals surface area contributed by atoms with Gasteiger partial charge in [0.05, 0.1) is 5.92 Å². The van der Waals surface area contributed by atoms with Crippen LogP contribution < -0.4 is 5.32 Å². The Morgan fingerprint density at radius 3 is 2.29 bits per heavy atom. The van der Waals surface area contributed by atoms with Crippen molar-refractivity contribution in [3.63, 3.8) is 0 Å². The predicted octanol–water partition coefficient (Wildman–Crippen LogP) is 3.06. The summed E-state index contributed by atoms with van der Waals surface area (Å²) in [5.41, 5.74) is 3.02. The molecule has 2 nitrogen and oxygen atoms in total. The van der Waals surface area contributed by atoms with Crippen molar-refractivity contribution in [1.82, 2.24) is 0 Å². The van der Waals surface area contributed by atoms with Crippen LogP contribution in [0.1, 0.15) is 17.0 Å². The van der Waals surface area contributed by atoms with E-state index in [1.165, 1.54) is 0 Å². The molecule has 1 unspecified atom stereocenters. The number of carbonyl (C=O) groups excluding carboxylic acids is 1. The average Bonchev–Trinajstić information content (AvgIpc) is 2.41. The van der Waals surface area contributed by atoms with E-state index in [-0.39, 0.29) is 5.92 Å². The van der Waals surface area contributed by atoms with Crippen LogP contribution in [0, 0.1) is 0 Å². The molecule has 86 valence electrons. The second-order valence-electron chi connectivity index (χ2n) is 3.86. The molecule has 0 aliphatic carbocycles. The second kappa shape index (κ2) is 5.30. The lowest BCUT2D eigenvalue weighted by Gasteiger charge is -2.15. The monoisotopic (exact) mass is 225 g/mol. The molecule has 2 aromatic carbocycles. The molecule has 0 aliphatic heterocycles.